The van der Waals surface area contributed by atoms with Crippen molar-refractivity contribution in [1.29, 1.82) is 0 Å². The first-order valence-corrected chi connectivity index (χ1v) is 8.76. The molecule has 3 rings (SSSR count). The van der Waals surface area contributed by atoms with Crippen LogP contribution in [0.2, 0.25) is 0 Å². The molecule has 0 bridgehead atoms. The minimum absolute atomic E-state index is 0.00463. The number of rotatable bonds is 5. The van der Waals surface area contributed by atoms with Gasteiger partial charge in [0.1, 0.15) is 0 Å². The molecule has 0 saturated carbocycles. The van der Waals surface area contributed by atoms with Crippen LogP contribution in [0.4, 0.5) is 5.69 Å². The second-order valence-electron chi connectivity index (χ2n) is 6.64. The Morgan fingerprint density at radius 1 is 1.00 bits per heavy atom. The Balaban J connectivity index is 1.87. The maximum atomic E-state index is 12.9. The number of piperazine rings is 1. The van der Waals surface area contributed by atoms with Gasteiger partial charge < -0.3 is 15.1 Å². The molecule has 2 aliphatic rings. The zero-order chi connectivity index (χ0) is 19.7. The van der Waals surface area contributed by atoms with Crippen LogP contribution in [0.3, 0.4) is 0 Å². The first-order chi connectivity index (χ1) is 12.8. The van der Waals surface area contributed by atoms with Crippen molar-refractivity contribution in [1.82, 2.24) is 9.80 Å². The molecule has 9 nitrogen and oxygen atoms in total. The van der Waals surface area contributed by atoms with E-state index in [2.05, 4.69) is 11.8 Å². The molecule has 2 aliphatic heterocycles. The van der Waals surface area contributed by atoms with Crippen LogP contribution in [0.15, 0.2) is 18.2 Å². The van der Waals surface area contributed by atoms with E-state index in [0.717, 1.165) is 42.7 Å². The number of carbonyl (C=O) groups excluding carboxylic acids is 2. The van der Waals surface area contributed by atoms with Crippen molar-refractivity contribution in [3.8, 4) is 0 Å². The quantitative estimate of drug-likeness (QED) is 0.708. The molecule has 2 saturated heterocycles. The third-order valence-corrected chi connectivity index (χ3v) is 5.09. The van der Waals surface area contributed by atoms with Crippen molar-refractivity contribution in [2.24, 2.45) is 0 Å². The summed E-state index contributed by atoms with van der Waals surface area (Å²) in [5.74, 6) is -3.55. The molecule has 0 aromatic heterocycles. The Hall–Kier alpha value is -2.78. The van der Waals surface area contributed by atoms with Crippen LogP contribution in [-0.4, -0.2) is 82.5 Å². The maximum Gasteiger partial charge on any atom is 0.335 e. The van der Waals surface area contributed by atoms with Gasteiger partial charge in [0.2, 0.25) is 5.91 Å². The van der Waals surface area contributed by atoms with Crippen molar-refractivity contribution in [3.05, 3.63) is 29.3 Å². The van der Waals surface area contributed by atoms with Crippen molar-refractivity contribution in [2.45, 2.75) is 19.4 Å². The Kier molecular flexibility index (Phi) is 5.24. The number of likely N-dealkylation sites (N-methyl/N-ethyl adjacent to an activating group) is 1. The smallest absolute Gasteiger partial charge is 0.335 e. The van der Waals surface area contributed by atoms with Gasteiger partial charge in [-0.15, -0.1) is 0 Å². The van der Waals surface area contributed by atoms with Crippen molar-refractivity contribution < 1.29 is 29.4 Å². The average molecular weight is 375 g/mol. The molecule has 2 N–H and O–H groups in total. The molecule has 27 heavy (non-hydrogen) atoms. The van der Waals surface area contributed by atoms with Gasteiger partial charge in [-0.1, -0.05) is 6.92 Å². The third-order valence-electron chi connectivity index (χ3n) is 5.09. The highest BCUT2D eigenvalue weighted by Crippen LogP contribution is 2.28. The van der Waals surface area contributed by atoms with E-state index < -0.39 is 29.8 Å². The van der Waals surface area contributed by atoms with Crippen LogP contribution in [0.5, 0.6) is 0 Å². The van der Waals surface area contributed by atoms with Gasteiger partial charge in [-0.05, 0) is 24.7 Å². The largest absolute Gasteiger partial charge is 0.478 e. The van der Waals surface area contributed by atoms with Gasteiger partial charge in [0, 0.05) is 26.2 Å². The number of benzene rings is 1. The summed E-state index contributed by atoms with van der Waals surface area (Å²) in [6.07, 6.45) is 0.00463. The van der Waals surface area contributed by atoms with Crippen molar-refractivity contribution in [2.75, 3.05) is 37.6 Å². The summed E-state index contributed by atoms with van der Waals surface area (Å²) in [5, 5.41) is 18.4. The van der Waals surface area contributed by atoms with Crippen LogP contribution in [0.25, 0.3) is 0 Å². The Bertz CT molecular complexity index is 768. The van der Waals surface area contributed by atoms with Crippen LogP contribution in [0.1, 0.15) is 34.1 Å². The van der Waals surface area contributed by atoms with Gasteiger partial charge >= 0.3 is 11.9 Å². The molecule has 1 aromatic carbocycles. The Morgan fingerprint density at radius 3 is 2.04 bits per heavy atom. The molecule has 144 valence electrons. The predicted molar refractivity (Wildman–Crippen MR) is 94.9 cm³/mol. The summed E-state index contributed by atoms with van der Waals surface area (Å²) in [4.78, 5) is 53.1. The van der Waals surface area contributed by atoms with Gasteiger partial charge in [0.25, 0.3) is 5.91 Å². The van der Waals surface area contributed by atoms with E-state index in [1.807, 2.05) is 4.90 Å². The summed E-state index contributed by atoms with van der Waals surface area (Å²) in [6.45, 7) is 5.95. The first-order valence-electron chi connectivity index (χ1n) is 8.76. The summed E-state index contributed by atoms with van der Waals surface area (Å²) >= 11 is 0. The van der Waals surface area contributed by atoms with E-state index in [-0.39, 0.29) is 23.2 Å². The van der Waals surface area contributed by atoms with Crippen LogP contribution >= 0.6 is 0 Å². The highest BCUT2D eigenvalue weighted by molar-refractivity contribution is 6.22. The summed E-state index contributed by atoms with van der Waals surface area (Å²) in [7, 11) is 0. The van der Waals surface area contributed by atoms with E-state index in [1.54, 1.807) is 0 Å². The van der Waals surface area contributed by atoms with Gasteiger partial charge in [0.05, 0.1) is 29.3 Å². The first kappa shape index (κ1) is 19.0. The molecule has 2 fully saturated rings. The normalized spacial score (nSPS) is 21.7. The number of amides is 2. The fraction of sp³-hybridized carbons (Fsp3) is 0.444. The number of anilines is 1. The van der Waals surface area contributed by atoms with Crippen molar-refractivity contribution >= 4 is 29.4 Å². The van der Waals surface area contributed by atoms with Gasteiger partial charge in [0.15, 0.2) is 0 Å². The topological polar surface area (TPSA) is 118 Å². The van der Waals surface area contributed by atoms with Gasteiger partial charge in [-0.3, -0.25) is 14.5 Å². The number of imide groups is 1. The number of hydrogen-bond acceptors (Lipinski definition) is 6. The summed E-state index contributed by atoms with van der Waals surface area (Å²) < 4.78 is 0. The zero-order valence-corrected chi connectivity index (χ0v) is 14.9. The van der Waals surface area contributed by atoms with Gasteiger partial charge in [-0.25, -0.2) is 14.5 Å². The Morgan fingerprint density at radius 2 is 1.56 bits per heavy atom. The van der Waals surface area contributed by atoms with E-state index in [9.17, 15) is 29.4 Å². The lowest BCUT2D eigenvalue weighted by Crippen LogP contribution is -2.52. The number of nitrogens with zero attached hydrogens (tertiary/aromatic N) is 3. The molecule has 2 amide bonds. The van der Waals surface area contributed by atoms with Crippen LogP contribution in [0, 0.1) is 0 Å². The Labute approximate surface area is 155 Å². The number of aromatic carboxylic acids is 2. The highest BCUT2D eigenvalue weighted by atomic mass is 16.4. The molecule has 9 heteroatoms. The predicted octanol–water partition coefficient (Wildman–Crippen LogP) is 0.352. The van der Waals surface area contributed by atoms with E-state index >= 15 is 0 Å². The molecular weight excluding hydrogens is 354 g/mol. The fourth-order valence-electron chi connectivity index (χ4n) is 3.55. The highest BCUT2D eigenvalue weighted by Gasteiger charge is 2.43. The summed E-state index contributed by atoms with van der Waals surface area (Å²) in [5.41, 5.74) is -0.590. The van der Waals surface area contributed by atoms with E-state index in [4.69, 9.17) is 0 Å². The lowest BCUT2D eigenvalue weighted by molar-refractivity contribution is -0.123. The summed E-state index contributed by atoms with van der Waals surface area (Å²) in [6, 6.07) is 2.71. The number of carboxylic acid groups (broad SMARTS) is 2. The van der Waals surface area contributed by atoms with E-state index in [1.165, 1.54) is 0 Å². The molecule has 1 aromatic rings. The molecule has 0 aliphatic carbocycles. The molecular formula is C18H21N3O6. The molecule has 1 unspecified atom stereocenters. The molecule has 1 atom stereocenters. The van der Waals surface area contributed by atoms with Crippen molar-refractivity contribution in [3.63, 3.8) is 0 Å². The monoisotopic (exact) mass is 375 g/mol. The minimum atomic E-state index is -1.33. The average Bonchev–Trinajstić information content (AvgIpc) is 2.95. The third kappa shape index (κ3) is 3.69. The van der Waals surface area contributed by atoms with Crippen LogP contribution < -0.4 is 4.90 Å². The lowest BCUT2D eigenvalue weighted by atomic mass is 10.1. The second-order valence-corrected chi connectivity index (χ2v) is 6.64. The van der Waals surface area contributed by atoms with Crippen LogP contribution in [-0.2, 0) is 9.59 Å². The second kappa shape index (κ2) is 7.45. The minimum Gasteiger partial charge on any atom is -0.478 e. The number of hydrogen-bond donors (Lipinski definition) is 2. The molecule has 2 heterocycles. The number of carboxylic acids is 2. The molecule has 0 spiro atoms. The zero-order valence-electron chi connectivity index (χ0n) is 14.9. The number of carbonyl (C=O) groups is 4. The standard InChI is InChI=1S/C18H21N3O6/c1-2-19-3-5-20(6-4-19)14-10-15(22)21(16(14)23)13-8-11(17(24)25)7-12(9-13)18(26)27/h7-9,14H,2-6,10H2,1H3,(H,24,25)(H,26,27). The van der Waals surface area contributed by atoms with Gasteiger partial charge in [-0.2, -0.15) is 0 Å². The fourth-order valence-corrected chi connectivity index (χ4v) is 3.55. The molecule has 0 radical (unpaired) electrons. The maximum absolute atomic E-state index is 12.9. The van der Waals surface area contributed by atoms with E-state index in [0.29, 0.717) is 13.1 Å². The lowest BCUT2D eigenvalue weighted by Gasteiger charge is -2.36. The SMILES string of the molecule is CCN1CCN(C2CC(=O)N(c3cc(C(=O)O)cc(C(=O)O)c3)C2=O)CC1.